The highest BCUT2D eigenvalue weighted by atomic mass is 35.5. The molecule has 1 aromatic rings. The smallest absolute Gasteiger partial charge is 0.225 e. The van der Waals surface area contributed by atoms with Crippen LogP contribution < -0.4 is 16.0 Å². The molecule has 3 N–H and O–H groups in total. The number of nitrogens with zero attached hydrogens (tertiary/aromatic N) is 1. The number of anilines is 1. The van der Waals surface area contributed by atoms with Crippen molar-refractivity contribution in [2.24, 2.45) is 11.1 Å². The van der Waals surface area contributed by atoms with Gasteiger partial charge >= 0.3 is 0 Å². The lowest BCUT2D eigenvalue weighted by Gasteiger charge is -2.23. The minimum atomic E-state index is -0.432. The molecule has 1 amide bonds. The van der Waals surface area contributed by atoms with Crippen molar-refractivity contribution in [3.63, 3.8) is 0 Å². The standard InChI is InChI=1S/C16H22ClN3O/c1-16(15(18)21)6-7-20(10-16)13-5-2-11(14(17)8-13)9-19-12-3-4-12/h2,5,8,12,19H,3-4,6-7,9-10H2,1H3,(H2,18,21). The van der Waals surface area contributed by atoms with Crippen LogP contribution in [0.3, 0.4) is 0 Å². The Hall–Kier alpha value is -1.26. The summed E-state index contributed by atoms with van der Waals surface area (Å²) in [7, 11) is 0. The summed E-state index contributed by atoms with van der Waals surface area (Å²) in [5, 5.41) is 4.26. The lowest BCUT2D eigenvalue weighted by Crippen LogP contribution is -2.37. The molecule has 4 nitrogen and oxygen atoms in total. The first-order valence-electron chi connectivity index (χ1n) is 7.55. The summed E-state index contributed by atoms with van der Waals surface area (Å²) < 4.78 is 0. The zero-order chi connectivity index (χ0) is 15.0. The molecule has 2 aliphatic rings. The monoisotopic (exact) mass is 307 g/mol. The van der Waals surface area contributed by atoms with Gasteiger partial charge in [0.25, 0.3) is 0 Å². The SMILES string of the molecule is CC1(C(N)=O)CCN(c2ccc(CNC3CC3)c(Cl)c2)C1. The molecule has 0 radical (unpaired) electrons. The maximum atomic E-state index is 11.5. The van der Waals surface area contributed by atoms with Gasteiger partial charge in [0.1, 0.15) is 0 Å². The van der Waals surface area contributed by atoms with Crippen LogP contribution in [0.25, 0.3) is 0 Å². The third-order valence-corrected chi connectivity index (χ3v) is 4.98. The normalized spacial score (nSPS) is 25.3. The molecule has 21 heavy (non-hydrogen) atoms. The summed E-state index contributed by atoms with van der Waals surface area (Å²) in [6.07, 6.45) is 3.34. The molecule has 0 bridgehead atoms. The van der Waals surface area contributed by atoms with Gasteiger partial charge in [-0.3, -0.25) is 4.79 Å². The quantitative estimate of drug-likeness (QED) is 0.877. The minimum absolute atomic E-state index is 0.221. The van der Waals surface area contributed by atoms with Crippen molar-refractivity contribution in [2.45, 2.75) is 38.8 Å². The Balaban J connectivity index is 1.68. The number of carbonyl (C=O) groups is 1. The Morgan fingerprint density at radius 2 is 2.29 bits per heavy atom. The number of hydrogen-bond donors (Lipinski definition) is 2. The molecule has 1 heterocycles. The molecule has 0 spiro atoms. The van der Waals surface area contributed by atoms with Gasteiger partial charge in [-0.05, 0) is 43.9 Å². The molecule has 1 aliphatic carbocycles. The molecule has 0 aromatic heterocycles. The zero-order valence-corrected chi connectivity index (χ0v) is 13.1. The topological polar surface area (TPSA) is 58.4 Å². The molecule has 1 aromatic carbocycles. The fourth-order valence-corrected chi connectivity index (χ4v) is 3.04. The zero-order valence-electron chi connectivity index (χ0n) is 12.4. The molecule has 1 saturated carbocycles. The largest absolute Gasteiger partial charge is 0.370 e. The first kappa shape index (κ1) is 14.7. The molecule has 1 saturated heterocycles. The summed E-state index contributed by atoms with van der Waals surface area (Å²) in [5.41, 5.74) is 7.27. The molecule has 114 valence electrons. The predicted molar refractivity (Wildman–Crippen MR) is 85.4 cm³/mol. The van der Waals surface area contributed by atoms with Gasteiger partial charge in [0, 0.05) is 36.4 Å². The molecule has 1 atom stereocenters. The van der Waals surface area contributed by atoms with Crippen molar-refractivity contribution in [1.29, 1.82) is 0 Å². The van der Waals surface area contributed by atoms with Crippen LogP contribution in [0, 0.1) is 5.41 Å². The average Bonchev–Trinajstić information content (AvgIpc) is 3.18. The van der Waals surface area contributed by atoms with Crippen LogP contribution in [0.5, 0.6) is 0 Å². The second kappa shape index (κ2) is 5.50. The number of nitrogens with two attached hydrogens (primary N) is 1. The molecular weight excluding hydrogens is 286 g/mol. The van der Waals surface area contributed by atoms with Gasteiger partial charge in [0.05, 0.1) is 5.41 Å². The average molecular weight is 308 g/mol. The van der Waals surface area contributed by atoms with Gasteiger partial charge < -0.3 is 16.0 Å². The van der Waals surface area contributed by atoms with E-state index < -0.39 is 5.41 Å². The van der Waals surface area contributed by atoms with Crippen molar-refractivity contribution in [3.8, 4) is 0 Å². The van der Waals surface area contributed by atoms with Gasteiger partial charge in [-0.25, -0.2) is 0 Å². The number of amides is 1. The van der Waals surface area contributed by atoms with Gasteiger partial charge in [0.2, 0.25) is 5.91 Å². The van der Waals surface area contributed by atoms with Crippen molar-refractivity contribution in [3.05, 3.63) is 28.8 Å². The summed E-state index contributed by atoms with van der Waals surface area (Å²) in [4.78, 5) is 13.7. The first-order chi connectivity index (χ1) is 9.98. The summed E-state index contributed by atoms with van der Waals surface area (Å²) >= 11 is 6.39. The number of nitrogens with one attached hydrogen (secondary N) is 1. The highest BCUT2D eigenvalue weighted by molar-refractivity contribution is 6.31. The van der Waals surface area contributed by atoms with Gasteiger partial charge in [-0.2, -0.15) is 0 Å². The lowest BCUT2D eigenvalue weighted by atomic mass is 9.89. The van der Waals surface area contributed by atoms with Crippen LogP contribution in [0.2, 0.25) is 5.02 Å². The lowest BCUT2D eigenvalue weighted by molar-refractivity contribution is -0.125. The summed E-state index contributed by atoms with van der Waals surface area (Å²) in [6.45, 7) is 4.27. The molecule has 1 aliphatic heterocycles. The van der Waals surface area contributed by atoms with E-state index in [9.17, 15) is 4.79 Å². The number of halogens is 1. The van der Waals surface area contributed by atoms with E-state index in [0.29, 0.717) is 12.6 Å². The molecule has 3 rings (SSSR count). The number of hydrogen-bond acceptors (Lipinski definition) is 3. The second-order valence-corrected chi connectivity index (χ2v) is 6.93. The second-order valence-electron chi connectivity index (χ2n) is 6.53. The van der Waals surface area contributed by atoms with Crippen LogP contribution in [-0.2, 0) is 11.3 Å². The van der Waals surface area contributed by atoms with Crippen LogP contribution in [-0.4, -0.2) is 25.0 Å². The number of benzene rings is 1. The summed E-state index contributed by atoms with van der Waals surface area (Å²) in [5.74, 6) is -0.221. The molecule has 1 unspecified atom stereocenters. The van der Waals surface area contributed by atoms with Crippen molar-refractivity contribution < 1.29 is 4.79 Å². The van der Waals surface area contributed by atoms with Crippen molar-refractivity contribution in [2.75, 3.05) is 18.0 Å². The fourth-order valence-electron chi connectivity index (χ4n) is 2.80. The third kappa shape index (κ3) is 3.16. The summed E-state index contributed by atoms with van der Waals surface area (Å²) in [6, 6.07) is 6.84. The fraction of sp³-hybridized carbons (Fsp3) is 0.562. The van der Waals surface area contributed by atoms with E-state index in [1.807, 2.05) is 13.0 Å². The van der Waals surface area contributed by atoms with Gasteiger partial charge in [-0.15, -0.1) is 0 Å². The van der Waals surface area contributed by atoms with E-state index >= 15 is 0 Å². The number of carbonyl (C=O) groups excluding carboxylic acids is 1. The highest BCUT2D eigenvalue weighted by Gasteiger charge is 2.39. The van der Waals surface area contributed by atoms with Crippen LogP contribution >= 0.6 is 11.6 Å². The highest BCUT2D eigenvalue weighted by Crippen LogP contribution is 2.34. The molecular formula is C16H22ClN3O. The Morgan fingerprint density at radius 3 is 2.86 bits per heavy atom. The maximum absolute atomic E-state index is 11.5. The Morgan fingerprint density at radius 1 is 1.52 bits per heavy atom. The maximum Gasteiger partial charge on any atom is 0.225 e. The predicted octanol–water partition coefficient (Wildman–Crippen LogP) is 2.29. The van der Waals surface area contributed by atoms with E-state index in [1.165, 1.54) is 12.8 Å². The number of primary amides is 1. The van der Waals surface area contributed by atoms with Gasteiger partial charge in [0.15, 0.2) is 0 Å². The van der Waals surface area contributed by atoms with E-state index in [1.54, 1.807) is 0 Å². The Labute approximate surface area is 130 Å². The third-order valence-electron chi connectivity index (χ3n) is 4.63. The van der Waals surface area contributed by atoms with Crippen molar-refractivity contribution >= 4 is 23.2 Å². The van der Waals surface area contributed by atoms with Crippen LogP contribution in [0.4, 0.5) is 5.69 Å². The van der Waals surface area contributed by atoms with E-state index in [0.717, 1.165) is 35.8 Å². The molecule has 2 fully saturated rings. The minimum Gasteiger partial charge on any atom is -0.370 e. The van der Waals surface area contributed by atoms with E-state index in [-0.39, 0.29) is 5.91 Å². The van der Waals surface area contributed by atoms with Gasteiger partial charge in [-0.1, -0.05) is 17.7 Å². The number of rotatable bonds is 5. The van der Waals surface area contributed by atoms with Crippen LogP contribution in [0.15, 0.2) is 18.2 Å². The Kier molecular flexibility index (Phi) is 3.84. The first-order valence-corrected chi connectivity index (χ1v) is 7.92. The van der Waals surface area contributed by atoms with E-state index in [4.69, 9.17) is 17.3 Å². The van der Waals surface area contributed by atoms with Crippen molar-refractivity contribution in [1.82, 2.24) is 5.32 Å². The van der Waals surface area contributed by atoms with Crippen LogP contribution in [0.1, 0.15) is 31.7 Å². The van der Waals surface area contributed by atoms with E-state index in [2.05, 4.69) is 22.3 Å². The molecule has 5 heteroatoms. The Bertz CT molecular complexity index is 558.